The Kier molecular flexibility index (Phi) is 2.88. The maximum atomic E-state index is 10.6. The fourth-order valence-corrected chi connectivity index (χ4v) is 1.58. The van der Waals surface area contributed by atoms with Gasteiger partial charge in [-0.15, -0.1) is 0 Å². The van der Waals surface area contributed by atoms with Crippen LogP contribution in [-0.2, 0) is 0 Å². The first-order valence-corrected chi connectivity index (χ1v) is 4.97. The normalized spacial score (nSPS) is 10.1. The summed E-state index contributed by atoms with van der Waals surface area (Å²) in [5, 5.41) is 11.2. The fraction of sp³-hybridized carbons (Fsp3) is 0. The lowest BCUT2D eigenvalue weighted by Gasteiger charge is -2.01. The lowest BCUT2D eigenvalue weighted by molar-refractivity contribution is -0.384. The van der Waals surface area contributed by atoms with E-state index in [0.29, 0.717) is 10.6 Å². The molecular weight excluding hydrogens is 226 g/mol. The molecule has 16 heavy (non-hydrogen) atoms. The number of benzene rings is 2. The van der Waals surface area contributed by atoms with E-state index in [-0.39, 0.29) is 5.69 Å². The molecule has 4 heteroatoms. The maximum absolute atomic E-state index is 10.6. The molecule has 2 rings (SSSR count). The smallest absolute Gasteiger partial charge is 0.258 e. The first kappa shape index (κ1) is 10.6. The summed E-state index contributed by atoms with van der Waals surface area (Å²) in [5.74, 6) is 0. The van der Waals surface area contributed by atoms with Gasteiger partial charge in [0.15, 0.2) is 0 Å². The van der Waals surface area contributed by atoms with Crippen LogP contribution in [0.25, 0.3) is 11.1 Å². The molecule has 2 aromatic rings. The topological polar surface area (TPSA) is 43.1 Å². The van der Waals surface area contributed by atoms with Crippen LogP contribution in [0.5, 0.6) is 0 Å². The number of nitrogens with zero attached hydrogens (tertiary/aromatic N) is 1. The van der Waals surface area contributed by atoms with Crippen molar-refractivity contribution in [1.29, 1.82) is 0 Å². The molecule has 0 heterocycles. The molecule has 0 spiro atoms. The largest absolute Gasteiger partial charge is 0.270 e. The van der Waals surface area contributed by atoms with Crippen LogP contribution in [0.4, 0.5) is 5.69 Å². The third-order valence-corrected chi connectivity index (χ3v) is 2.37. The van der Waals surface area contributed by atoms with Crippen LogP contribution in [-0.4, -0.2) is 4.92 Å². The average molecular weight is 233 g/mol. The molecule has 1 radical (unpaired) electrons. The summed E-state index contributed by atoms with van der Waals surface area (Å²) in [4.78, 5) is 10.2. The van der Waals surface area contributed by atoms with Gasteiger partial charge in [-0.2, -0.15) is 0 Å². The van der Waals surface area contributed by atoms with Crippen molar-refractivity contribution in [3.8, 4) is 11.1 Å². The van der Waals surface area contributed by atoms with Gasteiger partial charge in [0, 0.05) is 17.2 Å². The van der Waals surface area contributed by atoms with Crippen molar-refractivity contribution in [2.24, 2.45) is 0 Å². The molecule has 0 aliphatic rings. The summed E-state index contributed by atoms with van der Waals surface area (Å²) in [6, 6.07) is 14.5. The van der Waals surface area contributed by atoms with Crippen molar-refractivity contribution in [1.82, 2.24) is 0 Å². The van der Waals surface area contributed by atoms with Crippen molar-refractivity contribution in [2.75, 3.05) is 0 Å². The van der Waals surface area contributed by atoms with Crippen LogP contribution in [0.3, 0.4) is 0 Å². The third kappa shape index (κ3) is 2.20. The van der Waals surface area contributed by atoms with Crippen LogP contribution in [0.2, 0.25) is 5.02 Å². The Morgan fingerprint density at radius 3 is 2.75 bits per heavy atom. The number of hydrogen-bond acceptors (Lipinski definition) is 2. The molecule has 79 valence electrons. The molecule has 0 saturated heterocycles. The van der Waals surface area contributed by atoms with E-state index >= 15 is 0 Å². The second kappa shape index (κ2) is 4.33. The minimum Gasteiger partial charge on any atom is -0.258 e. The molecule has 0 amide bonds. The van der Waals surface area contributed by atoms with Gasteiger partial charge in [0.1, 0.15) is 0 Å². The number of halogens is 1. The predicted octanol–water partition coefficient (Wildman–Crippen LogP) is 3.72. The Labute approximate surface area is 97.4 Å². The highest BCUT2D eigenvalue weighted by atomic mass is 35.5. The second-order valence-electron chi connectivity index (χ2n) is 3.23. The molecule has 0 fully saturated rings. The minimum absolute atomic E-state index is 0.0497. The predicted molar refractivity (Wildman–Crippen MR) is 62.4 cm³/mol. The Bertz CT molecular complexity index is 540. The molecule has 0 unspecified atom stereocenters. The van der Waals surface area contributed by atoms with Gasteiger partial charge in [0.2, 0.25) is 0 Å². The van der Waals surface area contributed by atoms with Crippen LogP contribution in [0.15, 0.2) is 42.5 Å². The van der Waals surface area contributed by atoms with Gasteiger partial charge in [0.05, 0.1) is 4.92 Å². The Morgan fingerprint density at radius 1 is 1.25 bits per heavy atom. The minimum atomic E-state index is -0.429. The molecule has 0 bridgehead atoms. The SMILES string of the molecule is O=[N+]([O-])c1cc[c]c(-c2cccc(Cl)c2)c1. The highest BCUT2D eigenvalue weighted by Gasteiger charge is 2.07. The van der Waals surface area contributed by atoms with E-state index in [1.807, 2.05) is 6.07 Å². The van der Waals surface area contributed by atoms with Crippen LogP contribution in [0.1, 0.15) is 0 Å². The molecule has 0 saturated carbocycles. The molecule has 3 nitrogen and oxygen atoms in total. The number of rotatable bonds is 2. The van der Waals surface area contributed by atoms with Gasteiger partial charge in [-0.3, -0.25) is 10.1 Å². The molecule has 0 aliphatic heterocycles. The highest BCUT2D eigenvalue weighted by molar-refractivity contribution is 6.30. The zero-order valence-corrected chi connectivity index (χ0v) is 8.94. The summed E-state index contributed by atoms with van der Waals surface area (Å²) in [6.07, 6.45) is 0. The summed E-state index contributed by atoms with van der Waals surface area (Å²) >= 11 is 5.85. The van der Waals surface area contributed by atoms with Crippen LogP contribution in [0, 0.1) is 16.2 Å². The zero-order chi connectivity index (χ0) is 11.5. The van der Waals surface area contributed by atoms with Gasteiger partial charge in [-0.1, -0.05) is 23.7 Å². The van der Waals surface area contributed by atoms with E-state index < -0.39 is 4.92 Å². The first-order valence-electron chi connectivity index (χ1n) is 4.59. The van der Waals surface area contributed by atoms with E-state index in [4.69, 9.17) is 11.6 Å². The average Bonchev–Trinajstić information content (AvgIpc) is 2.29. The molecule has 0 aliphatic carbocycles. The summed E-state index contributed by atoms with van der Waals surface area (Å²) in [5.41, 5.74) is 1.53. The maximum Gasteiger partial charge on any atom is 0.270 e. The molecule has 0 N–H and O–H groups in total. The van der Waals surface area contributed by atoms with Gasteiger partial charge in [0.25, 0.3) is 5.69 Å². The lowest BCUT2D eigenvalue weighted by atomic mass is 10.1. The number of nitro benzene ring substituents is 1. The van der Waals surface area contributed by atoms with Crippen LogP contribution < -0.4 is 0 Å². The number of non-ortho nitro benzene ring substituents is 1. The standard InChI is InChI=1S/C12H7ClNO2/c13-11-5-1-3-9(7-11)10-4-2-6-12(8-10)14(15)16/h1-3,5-8H. The van der Waals surface area contributed by atoms with E-state index in [2.05, 4.69) is 6.07 Å². The second-order valence-corrected chi connectivity index (χ2v) is 3.66. The van der Waals surface area contributed by atoms with Gasteiger partial charge in [-0.25, -0.2) is 0 Å². The summed E-state index contributed by atoms with van der Waals surface area (Å²) in [7, 11) is 0. The van der Waals surface area contributed by atoms with E-state index in [1.165, 1.54) is 18.2 Å². The van der Waals surface area contributed by atoms with Gasteiger partial charge < -0.3 is 0 Å². The van der Waals surface area contributed by atoms with Gasteiger partial charge >= 0.3 is 0 Å². The Morgan fingerprint density at radius 2 is 2.06 bits per heavy atom. The van der Waals surface area contributed by atoms with Crippen molar-refractivity contribution in [2.45, 2.75) is 0 Å². The molecule has 0 atom stereocenters. The highest BCUT2D eigenvalue weighted by Crippen LogP contribution is 2.25. The fourth-order valence-electron chi connectivity index (χ4n) is 1.39. The Hall–Kier alpha value is -1.87. The molecular formula is C12H7ClNO2. The van der Waals surface area contributed by atoms with Crippen molar-refractivity contribution in [3.05, 3.63) is 63.7 Å². The first-order chi connectivity index (χ1) is 7.66. The molecule has 0 aromatic heterocycles. The van der Waals surface area contributed by atoms with Crippen molar-refractivity contribution < 1.29 is 4.92 Å². The van der Waals surface area contributed by atoms with E-state index in [9.17, 15) is 10.1 Å². The van der Waals surface area contributed by atoms with Crippen LogP contribution >= 0.6 is 11.6 Å². The zero-order valence-electron chi connectivity index (χ0n) is 8.18. The van der Waals surface area contributed by atoms with E-state index in [0.717, 1.165) is 5.56 Å². The van der Waals surface area contributed by atoms with Crippen molar-refractivity contribution >= 4 is 17.3 Å². The van der Waals surface area contributed by atoms with Crippen molar-refractivity contribution in [3.63, 3.8) is 0 Å². The van der Waals surface area contributed by atoms with E-state index in [1.54, 1.807) is 18.2 Å². The molecule has 2 aromatic carbocycles. The number of nitro groups is 1. The number of hydrogen-bond donors (Lipinski definition) is 0. The summed E-state index contributed by atoms with van der Waals surface area (Å²) < 4.78 is 0. The Balaban J connectivity index is 2.48. The monoisotopic (exact) mass is 232 g/mol. The quantitative estimate of drug-likeness (QED) is 0.585. The van der Waals surface area contributed by atoms with Gasteiger partial charge in [-0.05, 0) is 35.4 Å². The lowest BCUT2D eigenvalue weighted by Crippen LogP contribution is -1.88. The third-order valence-electron chi connectivity index (χ3n) is 2.13. The summed E-state index contributed by atoms with van der Waals surface area (Å²) in [6.45, 7) is 0.